The van der Waals surface area contributed by atoms with Crippen molar-refractivity contribution in [1.29, 1.82) is 0 Å². The van der Waals surface area contributed by atoms with Crippen molar-refractivity contribution in [2.24, 2.45) is 0 Å². The second-order valence-electron chi connectivity index (χ2n) is 5.18. The molecular weight excluding hydrogens is 339 g/mol. The van der Waals surface area contributed by atoms with E-state index in [-0.39, 0.29) is 11.4 Å². The van der Waals surface area contributed by atoms with Gasteiger partial charge in [0.05, 0.1) is 11.9 Å². The van der Waals surface area contributed by atoms with Crippen LogP contribution < -0.4 is 10.1 Å². The zero-order chi connectivity index (χ0) is 18.0. The normalized spacial score (nSPS) is 11.5. The van der Waals surface area contributed by atoms with Gasteiger partial charge in [-0.05, 0) is 19.1 Å². The first-order chi connectivity index (χ1) is 11.8. The molecule has 0 aliphatic carbocycles. The van der Waals surface area contributed by atoms with Gasteiger partial charge in [0.2, 0.25) is 5.88 Å². The largest absolute Gasteiger partial charge is 0.468 e. The van der Waals surface area contributed by atoms with Crippen molar-refractivity contribution in [3.05, 3.63) is 41.9 Å². The van der Waals surface area contributed by atoms with Crippen LogP contribution in [0.5, 0.6) is 5.88 Å². The third kappa shape index (κ3) is 4.03. The van der Waals surface area contributed by atoms with Crippen molar-refractivity contribution in [3.63, 3.8) is 0 Å². The minimum atomic E-state index is -4.48. The highest BCUT2D eigenvalue weighted by molar-refractivity contribution is 6.05. The number of carbonyl (C=O) groups excluding carboxylic acids is 1. The third-order valence-corrected chi connectivity index (χ3v) is 3.24. The Morgan fingerprint density at radius 3 is 2.88 bits per heavy atom. The van der Waals surface area contributed by atoms with Crippen molar-refractivity contribution < 1.29 is 22.7 Å². The quantitative estimate of drug-likeness (QED) is 0.754. The van der Waals surface area contributed by atoms with Crippen LogP contribution in [0, 0.1) is 6.92 Å². The number of nitrogens with one attached hydrogen (secondary N) is 2. The summed E-state index contributed by atoms with van der Waals surface area (Å²) in [5.74, 6) is -0.814. The van der Waals surface area contributed by atoms with E-state index in [1.165, 1.54) is 18.5 Å². The molecule has 0 aromatic carbocycles. The van der Waals surface area contributed by atoms with Crippen LogP contribution in [-0.4, -0.2) is 38.9 Å². The first kappa shape index (κ1) is 16.7. The molecule has 25 heavy (non-hydrogen) atoms. The highest BCUT2D eigenvalue weighted by Gasteiger charge is 2.28. The van der Waals surface area contributed by atoms with Crippen LogP contribution in [0.3, 0.4) is 0 Å². The molecule has 0 unspecified atom stereocenters. The van der Waals surface area contributed by atoms with Crippen molar-refractivity contribution >= 4 is 22.6 Å². The number of pyridine rings is 2. The van der Waals surface area contributed by atoms with E-state index in [2.05, 4.69) is 30.2 Å². The molecule has 0 radical (unpaired) electrons. The number of H-pyrrole nitrogens is 1. The van der Waals surface area contributed by atoms with Gasteiger partial charge in [-0.15, -0.1) is 0 Å². The Hall–Kier alpha value is -3.17. The number of carbonyl (C=O) groups is 1. The van der Waals surface area contributed by atoms with Gasteiger partial charge in [0.15, 0.2) is 12.3 Å². The fourth-order valence-electron chi connectivity index (χ4n) is 2.08. The maximum Gasteiger partial charge on any atom is 0.422 e. The first-order valence-corrected chi connectivity index (χ1v) is 7.09. The molecule has 0 saturated heterocycles. The van der Waals surface area contributed by atoms with E-state index in [0.29, 0.717) is 11.3 Å². The Bertz CT molecular complexity index is 923. The maximum absolute atomic E-state index is 12.3. The fraction of sp³-hybridized carbons (Fsp3) is 0.200. The Morgan fingerprint density at radius 1 is 1.32 bits per heavy atom. The summed E-state index contributed by atoms with van der Waals surface area (Å²) in [5.41, 5.74) is 1.85. The number of ether oxygens (including phenoxy) is 1. The molecule has 0 fully saturated rings. The van der Waals surface area contributed by atoms with E-state index >= 15 is 0 Å². The van der Waals surface area contributed by atoms with Crippen molar-refractivity contribution in [2.45, 2.75) is 13.1 Å². The molecule has 0 bridgehead atoms. The zero-order valence-electron chi connectivity index (χ0n) is 12.9. The van der Waals surface area contributed by atoms with Gasteiger partial charge in [-0.1, -0.05) is 0 Å². The predicted octanol–water partition coefficient (Wildman–Crippen LogP) is 2.85. The van der Waals surface area contributed by atoms with E-state index in [4.69, 9.17) is 0 Å². The first-order valence-electron chi connectivity index (χ1n) is 7.09. The van der Waals surface area contributed by atoms with Crippen LogP contribution in [0.4, 0.5) is 18.9 Å². The monoisotopic (exact) mass is 351 g/mol. The van der Waals surface area contributed by atoms with Crippen molar-refractivity contribution in [2.75, 3.05) is 11.9 Å². The number of hydrogen-bond acceptors (Lipinski definition) is 5. The summed E-state index contributed by atoms with van der Waals surface area (Å²) in [6.45, 7) is 0.334. The summed E-state index contributed by atoms with van der Waals surface area (Å²) in [6, 6.07) is 4.20. The lowest BCUT2D eigenvalue weighted by atomic mass is 10.2. The lowest BCUT2D eigenvalue weighted by Crippen LogP contribution is -2.20. The minimum absolute atomic E-state index is 0.108. The van der Waals surface area contributed by atoms with Crippen LogP contribution in [0.2, 0.25) is 0 Å². The van der Waals surface area contributed by atoms with Gasteiger partial charge in [-0.2, -0.15) is 18.3 Å². The van der Waals surface area contributed by atoms with Crippen molar-refractivity contribution in [3.8, 4) is 5.88 Å². The Balaban J connectivity index is 1.74. The molecule has 3 rings (SSSR count). The fourth-order valence-corrected chi connectivity index (χ4v) is 2.08. The summed E-state index contributed by atoms with van der Waals surface area (Å²) in [5, 5.41) is 10.1. The van der Waals surface area contributed by atoms with Gasteiger partial charge in [0.25, 0.3) is 5.91 Å². The molecule has 2 N–H and O–H groups in total. The van der Waals surface area contributed by atoms with E-state index in [1.54, 1.807) is 6.07 Å². The van der Waals surface area contributed by atoms with E-state index in [1.807, 2.05) is 6.92 Å². The molecule has 0 spiro atoms. The smallest absolute Gasteiger partial charge is 0.422 e. The second-order valence-corrected chi connectivity index (χ2v) is 5.18. The number of aromatic amines is 1. The number of aryl methyl sites for hydroxylation is 1. The van der Waals surface area contributed by atoms with E-state index in [9.17, 15) is 18.0 Å². The number of hydrogen-bond donors (Lipinski definition) is 2. The predicted molar refractivity (Wildman–Crippen MR) is 82.4 cm³/mol. The summed E-state index contributed by atoms with van der Waals surface area (Å²) in [4.78, 5) is 20.0. The van der Waals surface area contributed by atoms with Crippen LogP contribution in [0.15, 0.2) is 30.6 Å². The summed E-state index contributed by atoms with van der Waals surface area (Å²) < 4.78 is 41.1. The topological polar surface area (TPSA) is 92.8 Å². The Labute approximate surface area is 139 Å². The van der Waals surface area contributed by atoms with Crippen LogP contribution in [-0.2, 0) is 0 Å². The molecule has 7 nitrogen and oxygen atoms in total. The van der Waals surface area contributed by atoms with Gasteiger partial charge in [-0.25, -0.2) is 9.97 Å². The maximum atomic E-state index is 12.3. The third-order valence-electron chi connectivity index (χ3n) is 3.24. The number of alkyl halides is 3. The molecule has 1 amide bonds. The number of fused-ring (bicyclic) bond motifs is 1. The lowest BCUT2D eigenvalue weighted by Gasteiger charge is -2.09. The molecule has 3 aromatic heterocycles. The number of aromatic nitrogens is 4. The number of amides is 1. The average molecular weight is 351 g/mol. The van der Waals surface area contributed by atoms with Gasteiger partial charge < -0.3 is 10.1 Å². The SMILES string of the molecule is Cc1[nH]nc2ncc(NC(=O)c3ccnc(OCC(F)(F)F)c3)cc12. The zero-order valence-corrected chi connectivity index (χ0v) is 12.9. The minimum Gasteiger partial charge on any atom is -0.468 e. The van der Waals surface area contributed by atoms with Crippen LogP contribution >= 0.6 is 0 Å². The number of halogens is 3. The van der Waals surface area contributed by atoms with Crippen LogP contribution in [0.25, 0.3) is 11.0 Å². The molecule has 10 heteroatoms. The molecule has 0 aliphatic heterocycles. The van der Waals surface area contributed by atoms with E-state index < -0.39 is 18.7 Å². The molecule has 130 valence electrons. The number of nitrogens with zero attached hydrogens (tertiary/aromatic N) is 3. The standard InChI is InChI=1S/C15H12F3N5O2/c1-8-11-5-10(6-20-13(11)23-22-8)21-14(24)9-2-3-19-12(4-9)25-7-15(16,17)18/h2-6H,7H2,1H3,(H,21,24)(H,20,22,23). The van der Waals surface area contributed by atoms with Gasteiger partial charge in [0, 0.05) is 28.9 Å². The van der Waals surface area contributed by atoms with Gasteiger partial charge in [-0.3, -0.25) is 9.89 Å². The average Bonchev–Trinajstić information content (AvgIpc) is 2.93. The summed E-state index contributed by atoms with van der Waals surface area (Å²) >= 11 is 0. The van der Waals surface area contributed by atoms with Crippen LogP contribution in [0.1, 0.15) is 16.1 Å². The Morgan fingerprint density at radius 2 is 2.12 bits per heavy atom. The van der Waals surface area contributed by atoms with Gasteiger partial charge >= 0.3 is 6.18 Å². The van der Waals surface area contributed by atoms with Gasteiger partial charge in [0.1, 0.15) is 0 Å². The molecule has 3 aromatic rings. The second kappa shape index (κ2) is 6.38. The lowest BCUT2D eigenvalue weighted by molar-refractivity contribution is -0.154. The molecule has 0 saturated carbocycles. The summed E-state index contributed by atoms with van der Waals surface area (Å²) in [7, 11) is 0. The molecule has 0 aliphatic rings. The molecule has 3 heterocycles. The van der Waals surface area contributed by atoms with Crippen molar-refractivity contribution in [1.82, 2.24) is 20.2 Å². The molecule has 0 atom stereocenters. The Kier molecular flexibility index (Phi) is 4.26. The van der Waals surface area contributed by atoms with E-state index in [0.717, 1.165) is 17.1 Å². The molecular formula is C15H12F3N5O2. The summed E-state index contributed by atoms with van der Waals surface area (Å²) in [6.07, 6.45) is -1.85. The number of rotatable bonds is 4. The number of anilines is 1. The highest BCUT2D eigenvalue weighted by Crippen LogP contribution is 2.20. The highest BCUT2D eigenvalue weighted by atomic mass is 19.4.